The largest absolute Gasteiger partial charge is 0.494 e. The third-order valence-corrected chi connectivity index (χ3v) is 3.53. The van der Waals surface area contributed by atoms with Gasteiger partial charge in [0.1, 0.15) is 12.1 Å². The highest BCUT2D eigenvalue weighted by molar-refractivity contribution is 5.91. The minimum Gasteiger partial charge on any atom is -0.494 e. The molecule has 0 saturated heterocycles. The summed E-state index contributed by atoms with van der Waals surface area (Å²) >= 11 is 0. The third-order valence-electron chi connectivity index (χ3n) is 3.53. The first kappa shape index (κ1) is 13.6. The number of nitrogens with one attached hydrogen (secondary N) is 1. The Balaban J connectivity index is 1.77. The fourth-order valence-electron chi connectivity index (χ4n) is 2.39. The van der Waals surface area contributed by atoms with Gasteiger partial charge in [-0.1, -0.05) is 25.5 Å². The average molecular weight is 286 g/mol. The number of aromatic nitrogens is 3. The number of hydrogen-bond donors (Lipinski definition) is 1. The van der Waals surface area contributed by atoms with Crippen molar-refractivity contribution in [1.82, 2.24) is 14.8 Å². The summed E-state index contributed by atoms with van der Waals surface area (Å²) in [5.41, 5.74) is 1.03. The predicted octanol–water partition coefficient (Wildman–Crippen LogP) is 2.39. The fraction of sp³-hybridized carbons (Fsp3) is 0.400. The van der Waals surface area contributed by atoms with Crippen LogP contribution in [0, 0.1) is 0 Å². The summed E-state index contributed by atoms with van der Waals surface area (Å²) in [6.45, 7) is 2.87. The highest BCUT2D eigenvalue weighted by Crippen LogP contribution is 2.29. The molecule has 0 fully saturated rings. The van der Waals surface area contributed by atoms with Gasteiger partial charge < -0.3 is 4.74 Å². The molecule has 3 rings (SSSR count). The number of hydrogen-bond acceptors (Lipinski definition) is 4. The zero-order valence-corrected chi connectivity index (χ0v) is 12.0. The number of unbranched alkanes of at least 4 members (excludes halogenated alkanes) is 1. The Morgan fingerprint density at radius 1 is 1.38 bits per heavy atom. The summed E-state index contributed by atoms with van der Waals surface area (Å²) in [6.07, 6.45) is 3.99. The zero-order valence-electron chi connectivity index (χ0n) is 12.0. The van der Waals surface area contributed by atoms with E-state index in [1.165, 1.54) is 6.33 Å². The van der Waals surface area contributed by atoms with E-state index in [-0.39, 0.29) is 11.9 Å². The van der Waals surface area contributed by atoms with Crippen LogP contribution in [0.3, 0.4) is 0 Å². The molecule has 2 aromatic rings. The standard InChI is InChI=1S/C15H18N4O2/c1-2-3-8-21-12-6-4-11(5-7-12)13-9-14(20)18-15-16-10-17-19(13)15/h4-7,10,13H,2-3,8-9H2,1H3,(H,16,17,18,20)/t13-/m1/s1. The molecule has 6 heteroatoms. The Bertz CT molecular complexity index is 621. The molecule has 0 aliphatic carbocycles. The van der Waals surface area contributed by atoms with Crippen molar-refractivity contribution < 1.29 is 9.53 Å². The minimum absolute atomic E-state index is 0.0382. The monoisotopic (exact) mass is 286 g/mol. The van der Waals surface area contributed by atoms with Gasteiger partial charge in [-0.15, -0.1) is 0 Å². The highest BCUT2D eigenvalue weighted by atomic mass is 16.5. The molecule has 1 N–H and O–H groups in total. The average Bonchev–Trinajstić information content (AvgIpc) is 2.95. The summed E-state index contributed by atoms with van der Waals surface area (Å²) in [4.78, 5) is 15.8. The second kappa shape index (κ2) is 5.95. The Morgan fingerprint density at radius 2 is 2.19 bits per heavy atom. The second-order valence-electron chi connectivity index (χ2n) is 5.07. The lowest BCUT2D eigenvalue weighted by molar-refractivity contribution is -0.117. The van der Waals surface area contributed by atoms with Crippen molar-refractivity contribution in [3.63, 3.8) is 0 Å². The van der Waals surface area contributed by atoms with Gasteiger partial charge in [0.25, 0.3) is 0 Å². The molecule has 6 nitrogen and oxygen atoms in total. The van der Waals surface area contributed by atoms with Gasteiger partial charge in [-0.25, -0.2) is 4.68 Å². The zero-order chi connectivity index (χ0) is 14.7. The van der Waals surface area contributed by atoms with Crippen molar-refractivity contribution >= 4 is 11.9 Å². The van der Waals surface area contributed by atoms with Gasteiger partial charge in [-0.2, -0.15) is 10.1 Å². The molecule has 1 aliphatic heterocycles. The number of carbonyl (C=O) groups is 1. The first-order valence-electron chi connectivity index (χ1n) is 7.20. The highest BCUT2D eigenvalue weighted by Gasteiger charge is 2.27. The summed E-state index contributed by atoms with van der Waals surface area (Å²) in [7, 11) is 0. The Hall–Kier alpha value is -2.37. The smallest absolute Gasteiger partial charge is 0.229 e. The third kappa shape index (κ3) is 2.89. The molecule has 110 valence electrons. The van der Waals surface area contributed by atoms with Crippen LogP contribution in [0.1, 0.15) is 37.8 Å². The lowest BCUT2D eigenvalue weighted by Gasteiger charge is -2.23. The van der Waals surface area contributed by atoms with E-state index in [1.54, 1.807) is 4.68 Å². The molecule has 0 saturated carbocycles. The lowest BCUT2D eigenvalue weighted by Crippen LogP contribution is -2.29. The van der Waals surface area contributed by atoms with Gasteiger partial charge in [-0.05, 0) is 24.1 Å². The van der Waals surface area contributed by atoms with E-state index in [0.29, 0.717) is 12.4 Å². The molecule has 1 atom stereocenters. The number of carbonyl (C=O) groups excluding carboxylic acids is 1. The molecule has 2 heterocycles. The molecule has 1 amide bonds. The Kier molecular flexibility index (Phi) is 3.85. The molecule has 0 spiro atoms. The molecular formula is C15H18N4O2. The van der Waals surface area contributed by atoms with E-state index < -0.39 is 0 Å². The molecule has 21 heavy (non-hydrogen) atoms. The number of anilines is 1. The number of amides is 1. The normalized spacial score (nSPS) is 17.2. The van der Waals surface area contributed by atoms with Crippen LogP contribution in [0.2, 0.25) is 0 Å². The van der Waals surface area contributed by atoms with Crippen molar-refractivity contribution in [1.29, 1.82) is 0 Å². The van der Waals surface area contributed by atoms with Crippen molar-refractivity contribution in [2.45, 2.75) is 32.2 Å². The fourth-order valence-corrected chi connectivity index (χ4v) is 2.39. The Labute approximate surface area is 123 Å². The maximum Gasteiger partial charge on any atom is 0.229 e. The summed E-state index contributed by atoms with van der Waals surface area (Å²) < 4.78 is 7.39. The summed E-state index contributed by atoms with van der Waals surface area (Å²) in [5.74, 6) is 1.31. The van der Waals surface area contributed by atoms with E-state index in [9.17, 15) is 4.79 Å². The maximum absolute atomic E-state index is 11.7. The number of benzene rings is 1. The lowest BCUT2D eigenvalue weighted by atomic mass is 10.0. The van der Waals surface area contributed by atoms with Crippen LogP contribution < -0.4 is 10.1 Å². The topological polar surface area (TPSA) is 69.0 Å². The summed E-state index contributed by atoms with van der Waals surface area (Å²) in [6, 6.07) is 7.73. The second-order valence-corrected chi connectivity index (χ2v) is 5.07. The van der Waals surface area contributed by atoms with Crippen LogP contribution >= 0.6 is 0 Å². The van der Waals surface area contributed by atoms with Gasteiger partial charge in [0, 0.05) is 0 Å². The number of ether oxygens (including phenoxy) is 1. The molecule has 1 aromatic carbocycles. The van der Waals surface area contributed by atoms with E-state index >= 15 is 0 Å². The van der Waals surface area contributed by atoms with E-state index in [0.717, 1.165) is 30.8 Å². The molecular weight excluding hydrogens is 268 g/mol. The molecule has 0 bridgehead atoms. The molecule has 0 unspecified atom stereocenters. The first-order valence-corrected chi connectivity index (χ1v) is 7.20. The van der Waals surface area contributed by atoms with Crippen LogP contribution in [0.5, 0.6) is 5.75 Å². The number of rotatable bonds is 5. The van der Waals surface area contributed by atoms with Gasteiger partial charge in [-0.3, -0.25) is 10.1 Å². The summed E-state index contributed by atoms with van der Waals surface area (Å²) in [5, 5.41) is 6.90. The van der Waals surface area contributed by atoms with Gasteiger partial charge in [0.2, 0.25) is 11.9 Å². The van der Waals surface area contributed by atoms with Gasteiger partial charge >= 0.3 is 0 Å². The SMILES string of the molecule is CCCCOc1ccc([C@H]2CC(=O)Nc3ncnn32)cc1. The molecule has 1 aliphatic rings. The van der Waals surface area contributed by atoms with Gasteiger partial charge in [0.05, 0.1) is 19.1 Å². The van der Waals surface area contributed by atoms with Crippen LogP contribution in [-0.4, -0.2) is 27.3 Å². The van der Waals surface area contributed by atoms with Crippen LogP contribution in [-0.2, 0) is 4.79 Å². The van der Waals surface area contributed by atoms with Crippen molar-refractivity contribution in [3.05, 3.63) is 36.2 Å². The minimum atomic E-state index is -0.110. The molecule has 0 radical (unpaired) electrons. The van der Waals surface area contributed by atoms with Gasteiger partial charge in [0.15, 0.2) is 0 Å². The van der Waals surface area contributed by atoms with E-state index in [1.807, 2.05) is 24.3 Å². The van der Waals surface area contributed by atoms with Crippen molar-refractivity contribution in [2.75, 3.05) is 11.9 Å². The van der Waals surface area contributed by atoms with Crippen LogP contribution in [0.15, 0.2) is 30.6 Å². The first-order chi connectivity index (χ1) is 10.3. The number of nitrogens with zero attached hydrogens (tertiary/aromatic N) is 3. The Morgan fingerprint density at radius 3 is 2.95 bits per heavy atom. The maximum atomic E-state index is 11.7. The predicted molar refractivity (Wildman–Crippen MR) is 78.3 cm³/mol. The van der Waals surface area contributed by atoms with Crippen molar-refractivity contribution in [2.24, 2.45) is 0 Å². The quantitative estimate of drug-likeness (QED) is 0.857. The van der Waals surface area contributed by atoms with Crippen molar-refractivity contribution in [3.8, 4) is 5.75 Å². The van der Waals surface area contributed by atoms with E-state index in [4.69, 9.17) is 4.74 Å². The number of fused-ring (bicyclic) bond motifs is 1. The van der Waals surface area contributed by atoms with Crippen LogP contribution in [0.25, 0.3) is 0 Å². The van der Waals surface area contributed by atoms with E-state index in [2.05, 4.69) is 22.3 Å². The van der Waals surface area contributed by atoms with Crippen LogP contribution in [0.4, 0.5) is 5.95 Å². The molecule has 1 aromatic heterocycles.